The molecular formula is C5H6IN. The largest absolute Gasteiger partial charge is 0.258 e. The SMILES string of the molecule is CC1=CI=CN=C1. The zero-order valence-corrected chi connectivity index (χ0v) is 6.21. The second kappa shape index (κ2) is 2.35. The molecule has 1 aliphatic rings. The number of nitrogens with zero attached hydrogens (tertiary/aromatic N) is 1. The van der Waals surface area contributed by atoms with Crippen LogP contribution < -0.4 is 0 Å². The lowest BCUT2D eigenvalue weighted by Gasteiger charge is -1.88. The van der Waals surface area contributed by atoms with E-state index in [0.717, 1.165) is 0 Å². The molecule has 0 atom stereocenters. The van der Waals surface area contributed by atoms with Crippen LogP contribution in [-0.4, -0.2) is 10.4 Å². The third-order valence-electron chi connectivity index (χ3n) is 0.626. The zero-order chi connectivity index (χ0) is 5.11. The number of allylic oxidation sites excluding steroid dienone is 1. The molecule has 0 aromatic rings. The molecule has 0 saturated heterocycles. The summed E-state index contributed by atoms with van der Waals surface area (Å²) in [5, 5.41) is 0. The van der Waals surface area contributed by atoms with Gasteiger partial charge in [0.2, 0.25) is 0 Å². The summed E-state index contributed by atoms with van der Waals surface area (Å²) in [5.74, 6) is 0. The maximum absolute atomic E-state index is 3.99. The van der Waals surface area contributed by atoms with E-state index in [4.69, 9.17) is 0 Å². The van der Waals surface area contributed by atoms with Gasteiger partial charge in [-0.15, -0.1) is 0 Å². The molecule has 0 unspecified atom stereocenters. The van der Waals surface area contributed by atoms with Crippen LogP contribution in [0.25, 0.3) is 0 Å². The fourth-order valence-electron chi connectivity index (χ4n) is 0.334. The molecule has 0 amide bonds. The summed E-state index contributed by atoms with van der Waals surface area (Å²) >= 11 is 0.190. The van der Waals surface area contributed by atoms with Gasteiger partial charge in [-0.3, -0.25) is 4.99 Å². The van der Waals surface area contributed by atoms with Gasteiger partial charge in [0.25, 0.3) is 0 Å². The van der Waals surface area contributed by atoms with Gasteiger partial charge in [-0.1, -0.05) is 20.7 Å². The Labute approximate surface area is 52.9 Å². The van der Waals surface area contributed by atoms with Crippen LogP contribution in [0.2, 0.25) is 0 Å². The predicted molar refractivity (Wildman–Crippen MR) is 42.3 cm³/mol. The first kappa shape index (κ1) is 5.15. The molecule has 0 N–H and O–H groups in total. The van der Waals surface area contributed by atoms with Crippen molar-refractivity contribution in [2.24, 2.45) is 4.99 Å². The van der Waals surface area contributed by atoms with Crippen LogP contribution in [0.5, 0.6) is 0 Å². The number of hydrogen-bond donors (Lipinski definition) is 0. The molecule has 1 heterocycles. The molecule has 0 saturated carbocycles. The first-order valence-corrected chi connectivity index (χ1v) is 4.52. The highest BCUT2D eigenvalue weighted by Gasteiger charge is 1.80. The Balaban J connectivity index is 2.82. The fourth-order valence-corrected chi connectivity index (χ4v) is 1.57. The molecule has 1 rings (SSSR count). The lowest BCUT2D eigenvalue weighted by Crippen LogP contribution is -1.77. The van der Waals surface area contributed by atoms with E-state index >= 15 is 0 Å². The summed E-state index contributed by atoms with van der Waals surface area (Å²) in [6, 6.07) is 0. The molecule has 0 fully saturated rings. The number of hydrogen-bond acceptors (Lipinski definition) is 1. The Hall–Kier alpha value is 0.01000. The van der Waals surface area contributed by atoms with Gasteiger partial charge < -0.3 is 0 Å². The molecule has 0 aromatic heterocycles. The van der Waals surface area contributed by atoms with E-state index in [9.17, 15) is 0 Å². The fraction of sp³-hybridized carbons (Fsp3) is 0.200. The molecule has 7 heavy (non-hydrogen) atoms. The highest BCUT2D eigenvalue weighted by atomic mass is 127. The van der Waals surface area contributed by atoms with Crippen LogP contribution in [0.4, 0.5) is 0 Å². The summed E-state index contributed by atoms with van der Waals surface area (Å²) < 4.78 is 4.26. The van der Waals surface area contributed by atoms with Crippen molar-refractivity contribution in [3.8, 4) is 0 Å². The minimum Gasteiger partial charge on any atom is -0.258 e. The normalized spacial score (nSPS) is 18.1. The maximum Gasteiger partial charge on any atom is 0.0597 e. The Morgan fingerprint density at radius 2 is 2.57 bits per heavy atom. The second-order valence-electron chi connectivity index (χ2n) is 1.35. The highest BCUT2D eigenvalue weighted by Crippen LogP contribution is 2.05. The molecule has 0 aromatic carbocycles. The van der Waals surface area contributed by atoms with Crippen LogP contribution in [0.3, 0.4) is 0 Å². The quantitative estimate of drug-likeness (QED) is 0.536. The Kier molecular flexibility index (Phi) is 1.73. The number of rotatable bonds is 0. The molecule has 0 spiro atoms. The van der Waals surface area contributed by atoms with Crippen LogP contribution in [0.1, 0.15) is 6.92 Å². The van der Waals surface area contributed by atoms with E-state index in [1.54, 1.807) is 0 Å². The van der Waals surface area contributed by atoms with E-state index in [-0.39, 0.29) is 20.7 Å². The second-order valence-corrected chi connectivity index (χ2v) is 3.25. The van der Waals surface area contributed by atoms with Gasteiger partial charge >= 0.3 is 0 Å². The predicted octanol–water partition coefficient (Wildman–Crippen LogP) is 1.71. The van der Waals surface area contributed by atoms with Crippen molar-refractivity contribution < 1.29 is 0 Å². The molecule has 2 heteroatoms. The van der Waals surface area contributed by atoms with E-state index in [0.29, 0.717) is 0 Å². The highest BCUT2D eigenvalue weighted by molar-refractivity contribution is 14.2. The standard InChI is InChI=1S/C5H6IN/c1-5-2-6-4-7-3-5/h2-4H,1H3. The Morgan fingerprint density at radius 3 is 2.86 bits per heavy atom. The zero-order valence-electron chi connectivity index (χ0n) is 4.06. The smallest absolute Gasteiger partial charge is 0.0597 e. The van der Waals surface area contributed by atoms with Crippen molar-refractivity contribution in [2.45, 2.75) is 6.92 Å². The first-order chi connectivity index (χ1) is 3.39. The third kappa shape index (κ3) is 1.51. The average Bonchev–Trinajstić information content (AvgIpc) is 1.69. The Bertz CT molecular complexity index is 144. The van der Waals surface area contributed by atoms with Gasteiger partial charge in [0, 0.05) is 6.21 Å². The van der Waals surface area contributed by atoms with Crippen molar-refractivity contribution >= 4 is 31.1 Å². The maximum atomic E-state index is 3.99. The van der Waals surface area contributed by atoms with Crippen molar-refractivity contribution in [2.75, 3.05) is 0 Å². The number of halogens is 1. The van der Waals surface area contributed by atoms with E-state index in [1.807, 2.05) is 10.4 Å². The van der Waals surface area contributed by atoms with Crippen molar-refractivity contribution in [3.05, 3.63) is 9.66 Å². The minimum absolute atomic E-state index is 0.190. The molecule has 1 aliphatic heterocycles. The van der Waals surface area contributed by atoms with Gasteiger partial charge in [0.1, 0.15) is 0 Å². The summed E-state index contributed by atoms with van der Waals surface area (Å²) in [6.45, 7) is 2.08. The van der Waals surface area contributed by atoms with E-state index in [2.05, 4.69) is 16.0 Å². The van der Waals surface area contributed by atoms with E-state index < -0.39 is 0 Å². The number of aliphatic imine (C=N–C) groups is 1. The van der Waals surface area contributed by atoms with Gasteiger partial charge in [0.05, 0.1) is 4.14 Å². The summed E-state index contributed by atoms with van der Waals surface area (Å²) in [5.41, 5.74) is 1.32. The topological polar surface area (TPSA) is 12.4 Å². The third-order valence-corrected chi connectivity index (χ3v) is 2.61. The molecule has 0 bridgehead atoms. The molecular weight excluding hydrogens is 201 g/mol. The molecule has 0 aliphatic carbocycles. The summed E-state index contributed by atoms with van der Waals surface area (Å²) in [6.07, 6.45) is 1.89. The van der Waals surface area contributed by atoms with Crippen LogP contribution in [-0.2, 0) is 0 Å². The summed E-state index contributed by atoms with van der Waals surface area (Å²) in [4.78, 5) is 3.99. The lowest BCUT2D eigenvalue weighted by molar-refractivity contribution is 1.64. The van der Waals surface area contributed by atoms with Crippen molar-refractivity contribution in [1.82, 2.24) is 0 Å². The van der Waals surface area contributed by atoms with Gasteiger partial charge in [-0.2, -0.15) is 0 Å². The van der Waals surface area contributed by atoms with Gasteiger partial charge in [0.15, 0.2) is 0 Å². The average molecular weight is 207 g/mol. The van der Waals surface area contributed by atoms with Crippen molar-refractivity contribution in [3.63, 3.8) is 0 Å². The molecule has 38 valence electrons. The van der Waals surface area contributed by atoms with Crippen LogP contribution in [0.15, 0.2) is 14.6 Å². The van der Waals surface area contributed by atoms with Crippen molar-refractivity contribution in [1.29, 1.82) is 0 Å². The molecule has 0 radical (unpaired) electrons. The van der Waals surface area contributed by atoms with E-state index in [1.165, 1.54) is 5.57 Å². The lowest BCUT2D eigenvalue weighted by atomic mass is 10.4. The molecule has 1 nitrogen and oxygen atoms in total. The minimum atomic E-state index is 0.190. The summed E-state index contributed by atoms with van der Waals surface area (Å²) in [7, 11) is 0. The first-order valence-electron chi connectivity index (χ1n) is 2.03. The van der Waals surface area contributed by atoms with Crippen LogP contribution in [0, 0.1) is 0 Å². The Morgan fingerprint density at radius 1 is 1.71 bits per heavy atom. The van der Waals surface area contributed by atoms with Gasteiger partial charge in [-0.05, 0) is 16.6 Å². The van der Waals surface area contributed by atoms with Crippen LogP contribution >= 0.6 is 20.7 Å². The monoisotopic (exact) mass is 207 g/mol. The van der Waals surface area contributed by atoms with Gasteiger partial charge in [-0.25, -0.2) is 0 Å².